The zero-order valence-corrected chi connectivity index (χ0v) is 11.1. The standard InChI is InChI=1S/C11H19N3O2S/c1-12-11(7-10-3-5-14(2)13-10)9-4-6-17(15,16)8-9/h3,5,9,11-12H,4,6-8H2,1-2H3. The molecule has 1 N–H and O–H groups in total. The number of nitrogens with zero attached hydrogens (tertiary/aromatic N) is 2. The van der Waals surface area contributed by atoms with Crippen LogP contribution in [-0.2, 0) is 23.3 Å². The van der Waals surface area contributed by atoms with Crippen LogP contribution in [0.2, 0.25) is 0 Å². The Morgan fingerprint density at radius 3 is 2.88 bits per heavy atom. The summed E-state index contributed by atoms with van der Waals surface area (Å²) in [5, 5.41) is 7.56. The number of hydrogen-bond acceptors (Lipinski definition) is 4. The molecule has 0 spiro atoms. The maximum Gasteiger partial charge on any atom is 0.150 e. The lowest BCUT2D eigenvalue weighted by atomic mass is 9.95. The number of hydrogen-bond donors (Lipinski definition) is 1. The van der Waals surface area contributed by atoms with E-state index in [0.717, 1.165) is 18.5 Å². The molecule has 1 aliphatic heterocycles. The second-order valence-corrected chi connectivity index (χ2v) is 6.97. The van der Waals surface area contributed by atoms with E-state index in [1.165, 1.54) is 0 Å². The van der Waals surface area contributed by atoms with Gasteiger partial charge in [-0.3, -0.25) is 4.68 Å². The largest absolute Gasteiger partial charge is 0.316 e. The highest BCUT2D eigenvalue weighted by atomic mass is 32.2. The molecule has 5 nitrogen and oxygen atoms in total. The molecular weight excluding hydrogens is 238 g/mol. The van der Waals surface area contributed by atoms with Gasteiger partial charge >= 0.3 is 0 Å². The molecule has 2 heterocycles. The van der Waals surface area contributed by atoms with E-state index in [1.807, 2.05) is 26.4 Å². The van der Waals surface area contributed by atoms with Gasteiger partial charge in [-0.2, -0.15) is 5.10 Å². The molecule has 6 heteroatoms. The molecule has 1 fully saturated rings. The molecule has 1 saturated heterocycles. The van der Waals surface area contributed by atoms with E-state index >= 15 is 0 Å². The third kappa shape index (κ3) is 3.07. The monoisotopic (exact) mass is 257 g/mol. The van der Waals surface area contributed by atoms with E-state index in [1.54, 1.807) is 4.68 Å². The Labute approximate surface area is 102 Å². The normalized spacial score (nSPS) is 24.9. The third-order valence-electron chi connectivity index (χ3n) is 3.41. The van der Waals surface area contributed by atoms with E-state index in [2.05, 4.69) is 10.4 Å². The van der Waals surface area contributed by atoms with Crippen molar-refractivity contribution in [3.63, 3.8) is 0 Å². The molecule has 1 aromatic heterocycles. The third-order valence-corrected chi connectivity index (χ3v) is 5.20. The van der Waals surface area contributed by atoms with Gasteiger partial charge in [0.1, 0.15) is 0 Å². The Hall–Kier alpha value is -0.880. The Morgan fingerprint density at radius 1 is 1.65 bits per heavy atom. The topological polar surface area (TPSA) is 64.0 Å². The molecule has 2 rings (SSSR count). The number of nitrogens with one attached hydrogen (secondary N) is 1. The summed E-state index contributed by atoms with van der Waals surface area (Å²) in [6.07, 6.45) is 3.46. The van der Waals surface area contributed by atoms with Crippen LogP contribution in [0.1, 0.15) is 12.1 Å². The van der Waals surface area contributed by atoms with Crippen molar-refractivity contribution in [1.29, 1.82) is 0 Å². The summed E-state index contributed by atoms with van der Waals surface area (Å²) in [6.45, 7) is 0. The maximum atomic E-state index is 11.5. The average molecular weight is 257 g/mol. The number of aromatic nitrogens is 2. The first-order chi connectivity index (χ1) is 8.00. The molecule has 0 radical (unpaired) electrons. The van der Waals surface area contributed by atoms with E-state index in [-0.39, 0.29) is 12.0 Å². The lowest BCUT2D eigenvalue weighted by molar-refractivity contribution is 0.399. The minimum atomic E-state index is -2.80. The lowest BCUT2D eigenvalue weighted by Gasteiger charge is -2.20. The van der Waals surface area contributed by atoms with Gasteiger partial charge in [-0.25, -0.2) is 8.42 Å². The van der Waals surface area contributed by atoms with Crippen LogP contribution < -0.4 is 5.32 Å². The van der Waals surface area contributed by atoms with E-state index in [9.17, 15) is 8.42 Å². The number of sulfone groups is 1. The summed E-state index contributed by atoms with van der Waals surface area (Å²) < 4.78 is 24.7. The van der Waals surface area contributed by atoms with Crippen LogP contribution in [-0.4, -0.2) is 42.8 Å². The molecule has 2 unspecified atom stereocenters. The van der Waals surface area contributed by atoms with Crippen molar-refractivity contribution in [3.05, 3.63) is 18.0 Å². The summed E-state index contributed by atoms with van der Waals surface area (Å²) in [7, 11) is 0.971. The van der Waals surface area contributed by atoms with Gasteiger partial charge in [-0.1, -0.05) is 0 Å². The molecule has 2 atom stereocenters. The quantitative estimate of drug-likeness (QED) is 0.824. The van der Waals surface area contributed by atoms with Gasteiger partial charge in [0.05, 0.1) is 17.2 Å². The molecule has 0 bridgehead atoms. The average Bonchev–Trinajstić information content (AvgIpc) is 2.81. The second kappa shape index (κ2) is 4.78. The second-order valence-electron chi connectivity index (χ2n) is 4.74. The Balaban J connectivity index is 2.02. The van der Waals surface area contributed by atoms with Crippen LogP contribution >= 0.6 is 0 Å². The predicted octanol–water partition coefficient (Wildman–Crippen LogP) is -0.0147. The summed E-state index contributed by atoms with van der Waals surface area (Å²) >= 11 is 0. The minimum Gasteiger partial charge on any atom is -0.316 e. The Bertz CT molecular complexity index is 481. The van der Waals surface area contributed by atoms with E-state index < -0.39 is 9.84 Å². The highest BCUT2D eigenvalue weighted by Gasteiger charge is 2.33. The fourth-order valence-corrected chi connectivity index (χ4v) is 4.32. The van der Waals surface area contributed by atoms with Crippen molar-refractivity contribution in [3.8, 4) is 0 Å². The fraction of sp³-hybridized carbons (Fsp3) is 0.727. The molecular formula is C11H19N3O2S. The highest BCUT2D eigenvalue weighted by Crippen LogP contribution is 2.23. The number of likely N-dealkylation sites (N-methyl/N-ethyl adjacent to an activating group) is 1. The van der Waals surface area contributed by atoms with Crippen molar-refractivity contribution >= 4 is 9.84 Å². The van der Waals surface area contributed by atoms with Crippen molar-refractivity contribution < 1.29 is 8.42 Å². The smallest absolute Gasteiger partial charge is 0.150 e. The lowest BCUT2D eigenvalue weighted by Crippen LogP contribution is -2.36. The van der Waals surface area contributed by atoms with Crippen molar-refractivity contribution in [2.75, 3.05) is 18.6 Å². The first kappa shape index (κ1) is 12.6. The van der Waals surface area contributed by atoms with Crippen LogP contribution in [0, 0.1) is 5.92 Å². The van der Waals surface area contributed by atoms with Gasteiger partial charge in [-0.05, 0) is 25.5 Å². The fourth-order valence-electron chi connectivity index (χ4n) is 2.44. The van der Waals surface area contributed by atoms with E-state index in [0.29, 0.717) is 11.5 Å². The summed E-state index contributed by atoms with van der Waals surface area (Å²) in [6, 6.07) is 2.18. The summed E-state index contributed by atoms with van der Waals surface area (Å²) in [5.74, 6) is 0.857. The zero-order chi connectivity index (χ0) is 12.5. The van der Waals surface area contributed by atoms with Gasteiger partial charge < -0.3 is 5.32 Å². The van der Waals surface area contributed by atoms with Gasteiger partial charge in [-0.15, -0.1) is 0 Å². The summed E-state index contributed by atoms with van der Waals surface area (Å²) in [5.41, 5.74) is 1.01. The van der Waals surface area contributed by atoms with Crippen LogP contribution in [0.25, 0.3) is 0 Å². The maximum absolute atomic E-state index is 11.5. The molecule has 1 aromatic rings. The first-order valence-corrected chi connectivity index (χ1v) is 7.68. The number of aryl methyl sites for hydroxylation is 1. The van der Waals surface area contributed by atoms with Crippen LogP contribution in [0.15, 0.2) is 12.3 Å². The zero-order valence-electron chi connectivity index (χ0n) is 10.3. The van der Waals surface area contributed by atoms with Crippen LogP contribution in [0.5, 0.6) is 0 Å². The molecule has 0 saturated carbocycles. The first-order valence-electron chi connectivity index (χ1n) is 5.86. The Morgan fingerprint density at radius 2 is 2.41 bits per heavy atom. The van der Waals surface area contributed by atoms with Crippen molar-refractivity contribution in [1.82, 2.24) is 15.1 Å². The molecule has 0 aliphatic carbocycles. The molecule has 0 amide bonds. The molecule has 17 heavy (non-hydrogen) atoms. The van der Waals surface area contributed by atoms with Crippen LogP contribution in [0.3, 0.4) is 0 Å². The van der Waals surface area contributed by atoms with Gasteiger partial charge in [0.2, 0.25) is 0 Å². The highest BCUT2D eigenvalue weighted by molar-refractivity contribution is 7.91. The van der Waals surface area contributed by atoms with Crippen LogP contribution in [0.4, 0.5) is 0 Å². The van der Waals surface area contributed by atoms with Gasteiger partial charge in [0.25, 0.3) is 0 Å². The predicted molar refractivity (Wildman–Crippen MR) is 66.5 cm³/mol. The van der Waals surface area contributed by atoms with Crippen molar-refractivity contribution in [2.24, 2.45) is 13.0 Å². The van der Waals surface area contributed by atoms with Gasteiger partial charge in [0, 0.05) is 25.7 Å². The SMILES string of the molecule is CNC(Cc1ccn(C)n1)C1CCS(=O)(=O)C1. The van der Waals surface area contributed by atoms with Crippen molar-refractivity contribution in [2.45, 2.75) is 18.9 Å². The summed E-state index contributed by atoms with van der Waals surface area (Å²) in [4.78, 5) is 0. The van der Waals surface area contributed by atoms with E-state index in [4.69, 9.17) is 0 Å². The number of rotatable bonds is 4. The Kier molecular flexibility index (Phi) is 3.53. The van der Waals surface area contributed by atoms with Gasteiger partial charge in [0.15, 0.2) is 9.84 Å². The molecule has 96 valence electrons. The molecule has 1 aliphatic rings. The molecule has 0 aromatic carbocycles. The minimum absolute atomic E-state index is 0.196.